The lowest BCUT2D eigenvalue weighted by molar-refractivity contribution is -0.131. The highest BCUT2D eigenvalue weighted by atomic mass is 16.6. The number of carbonyl (C=O) groups excluding carboxylic acids is 1. The van der Waals surface area contributed by atoms with E-state index in [9.17, 15) is 14.7 Å². The van der Waals surface area contributed by atoms with Gasteiger partial charge in [0.25, 0.3) is 0 Å². The van der Waals surface area contributed by atoms with Crippen LogP contribution in [-0.2, 0) is 14.4 Å². The Kier molecular flexibility index (Phi) is 9.50. The van der Waals surface area contributed by atoms with Crippen molar-refractivity contribution in [3.63, 3.8) is 0 Å². The predicted octanol–water partition coefficient (Wildman–Crippen LogP) is 3.20. The maximum absolute atomic E-state index is 12.6. The minimum absolute atomic E-state index is 0.0228. The van der Waals surface area contributed by atoms with Crippen LogP contribution in [0.4, 0.5) is 0 Å². The number of carboxylic acid groups (broad SMARTS) is 1. The largest absolute Gasteiger partial charge is 0.506 e. The molecule has 1 rings (SSSR count). The number of aliphatic carboxylic acids is 1. The topological polar surface area (TPSA) is 145 Å². The minimum Gasteiger partial charge on any atom is -0.506 e. The van der Waals surface area contributed by atoms with Crippen LogP contribution in [0.1, 0.15) is 58.6 Å². The third-order valence-corrected chi connectivity index (χ3v) is 3.96. The van der Waals surface area contributed by atoms with Crippen molar-refractivity contribution in [3.05, 3.63) is 35.8 Å². The number of amides is 1. The molecule has 9 nitrogen and oxygen atoms in total. The number of unbranched alkanes of at least 4 members (excludes halogenated alkanes) is 2. The van der Waals surface area contributed by atoms with Crippen molar-refractivity contribution >= 4 is 24.0 Å². The van der Waals surface area contributed by atoms with Crippen LogP contribution in [0.2, 0.25) is 0 Å². The van der Waals surface area contributed by atoms with Crippen molar-refractivity contribution in [2.45, 2.75) is 52.9 Å². The smallest absolute Gasteiger partial charge is 0.330 e. The second kappa shape index (κ2) is 11.6. The van der Waals surface area contributed by atoms with Crippen LogP contribution in [0.15, 0.2) is 35.3 Å². The number of rotatable bonds is 11. The Morgan fingerprint density at radius 3 is 2.66 bits per heavy atom. The summed E-state index contributed by atoms with van der Waals surface area (Å²) in [5, 5.41) is 32.4. The molecule has 0 saturated heterocycles. The molecule has 1 heterocycles. The first kappa shape index (κ1) is 23.8. The highest BCUT2D eigenvalue weighted by Crippen LogP contribution is 2.22. The first-order valence-corrected chi connectivity index (χ1v) is 9.32. The standard InChI is InChI=1S/C20H28N4O5/c1-4-5-6-7-14(10-18(26)27)24-19(28)20(2,3)11-17(21)29-23-12-15-8-9-16(25)13-22-15/h8-10,12-13,21,25H,4-7,11H2,1-3H3,(H,24,28)(H,26,27)/b14-10-,21-17?,23-12+. The number of hydrogen-bond acceptors (Lipinski definition) is 7. The van der Waals surface area contributed by atoms with Gasteiger partial charge in [0.15, 0.2) is 0 Å². The fourth-order valence-corrected chi connectivity index (χ4v) is 2.33. The summed E-state index contributed by atoms with van der Waals surface area (Å²) in [5.41, 5.74) is -0.234. The molecule has 1 amide bonds. The number of oxime groups is 1. The third-order valence-electron chi connectivity index (χ3n) is 3.96. The van der Waals surface area contributed by atoms with Crippen LogP contribution in [0.25, 0.3) is 0 Å². The van der Waals surface area contributed by atoms with Crippen molar-refractivity contribution in [3.8, 4) is 5.75 Å². The zero-order chi connectivity index (χ0) is 21.9. The van der Waals surface area contributed by atoms with Gasteiger partial charge in [-0.05, 0) is 25.0 Å². The Labute approximate surface area is 170 Å². The van der Waals surface area contributed by atoms with E-state index >= 15 is 0 Å². The summed E-state index contributed by atoms with van der Waals surface area (Å²) in [7, 11) is 0. The average Bonchev–Trinajstić information content (AvgIpc) is 2.62. The molecule has 4 N–H and O–H groups in total. The van der Waals surface area contributed by atoms with Gasteiger partial charge in [0.1, 0.15) is 5.75 Å². The summed E-state index contributed by atoms with van der Waals surface area (Å²) in [6, 6.07) is 2.97. The third kappa shape index (κ3) is 9.50. The summed E-state index contributed by atoms with van der Waals surface area (Å²) < 4.78 is 0. The van der Waals surface area contributed by atoms with Gasteiger partial charge < -0.3 is 20.4 Å². The Morgan fingerprint density at radius 2 is 2.07 bits per heavy atom. The zero-order valence-corrected chi connectivity index (χ0v) is 16.9. The van der Waals surface area contributed by atoms with Crippen LogP contribution < -0.4 is 5.32 Å². The molecule has 0 unspecified atom stereocenters. The Balaban J connectivity index is 2.63. The monoisotopic (exact) mass is 404 g/mol. The van der Waals surface area contributed by atoms with Gasteiger partial charge in [0.2, 0.25) is 11.8 Å². The molecule has 1 aromatic heterocycles. The lowest BCUT2D eigenvalue weighted by Gasteiger charge is -2.23. The van der Waals surface area contributed by atoms with Crippen LogP contribution >= 0.6 is 0 Å². The Hall–Kier alpha value is -3.23. The van der Waals surface area contributed by atoms with E-state index in [1.165, 1.54) is 24.5 Å². The summed E-state index contributed by atoms with van der Waals surface area (Å²) in [6.07, 6.45) is 6.65. The molecule has 0 radical (unpaired) electrons. The lowest BCUT2D eigenvalue weighted by atomic mass is 9.88. The van der Waals surface area contributed by atoms with Gasteiger partial charge in [-0.15, -0.1) is 0 Å². The van der Waals surface area contributed by atoms with E-state index in [1.807, 2.05) is 6.92 Å². The first-order chi connectivity index (χ1) is 13.6. The van der Waals surface area contributed by atoms with Crippen LogP contribution in [0.3, 0.4) is 0 Å². The summed E-state index contributed by atoms with van der Waals surface area (Å²) >= 11 is 0. The maximum atomic E-state index is 12.6. The van der Waals surface area contributed by atoms with Gasteiger partial charge in [-0.1, -0.05) is 38.8 Å². The molecule has 29 heavy (non-hydrogen) atoms. The van der Waals surface area contributed by atoms with Crippen molar-refractivity contribution in [2.75, 3.05) is 0 Å². The van der Waals surface area contributed by atoms with Gasteiger partial charge in [-0.25, -0.2) is 4.79 Å². The molecule has 0 fully saturated rings. The molecular formula is C20H28N4O5. The lowest BCUT2D eigenvalue weighted by Crippen LogP contribution is -2.38. The molecule has 1 aromatic rings. The number of carboxylic acids is 1. The van der Waals surface area contributed by atoms with Gasteiger partial charge >= 0.3 is 5.97 Å². The quantitative estimate of drug-likeness (QED) is 0.146. The second-order valence-corrected chi connectivity index (χ2v) is 7.17. The van der Waals surface area contributed by atoms with Crippen LogP contribution in [-0.4, -0.2) is 39.2 Å². The summed E-state index contributed by atoms with van der Waals surface area (Å²) in [4.78, 5) is 32.4. The fourth-order valence-electron chi connectivity index (χ4n) is 2.33. The second-order valence-electron chi connectivity index (χ2n) is 7.17. The predicted molar refractivity (Wildman–Crippen MR) is 109 cm³/mol. The summed E-state index contributed by atoms with van der Waals surface area (Å²) in [5.74, 6) is -1.73. The molecule has 0 atom stereocenters. The first-order valence-electron chi connectivity index (χ1n) is 9.32. The van der Waals surface area contributed by atoms with E-state index in [1.54, 1.807) is 13.8 Å². The number of allylic oxidation sites excluding steroid dienone is 1. The van der Waals surface area contributed by atoms with Gasteiger partial charge in [-0.2, -0.15) is 0 Å². The number of hydrogen-bond donors (Lipinski definition) is 4. The number of pyridine rings is 1. The Bertz CT molecular complexity index is 770. The molecule has 158 valence electrons. The number of carbonyl (C=O) groups is 2. The number of aromatic hydroxyl groups is 1. The highest BCUT2D eigenvalue weighted by molar-refractivity contribution is 5.90. The fraction of sp³-hybridized carbons (Fsp3) is 0.450. The molecule has 0 aliphatic rings. The summed E-state index contributed by atoms with van der Waals surface area (Å²) in [6.45, 7) is 5.31. The SMILES string of the molecule is CCCCC/C(=C/C(=O)O)NC(=O)C(C)(C)CC(=N)O/N=C/c1ccc(O)cn1. The van der Waals surface area contributed by atoms with E-state index in [0.29, 0.717) is 17.8 Å². The molecule has 9 heteroatoms. The average molecular weight is 404 g/mol. The van der Waals surface area contributed by atoms with Gasteiger partial charge in [0.05, 0.1) is 23.5 Å². The number of aromatic nitrogens is 1. The van der Waals surface area contributed by atoms with E-state index in [2.05, 4.69) is 15.5 Å². The zero-order valence-electron chi connectivity index (χ0n) is 16.9. The van der Waals surface area contributed by atoms with E-state index < -0.39 is 17.3 Å². The van der Waals surface area contributed by atoms with E-state index in [0.717, 1.165) is 25.3 Å². The highest BCUT2D eigenvalue weighted by Gasteiger charge is 2.30. The molecule has 0 saturated carbocycles. The van der Waals surface area contributed by atoms with Crippen molar-refractivity contribution in [2.24, 2.45) is 10.6 Å². The van der Waals surface area contributed by atoms with Crippen molar-refractivity contribution in [1.29, 1.82) is 5.41 Å². The minimum atomic E-state index is -1.12. The van der Waals surface area contributed by atoms with Gasteiger partial charge in [0, 0.05) is 18.2 Å². The molecule has 0 aliphatic carbocycles. The number of nitrogens with one attached hydrogen (secondary N) is 2. The molecule has 0 aliphatic heterocycles. The molecule has 0 aromatic carbocycles. The number of nitrogens with zero attached hydrogens (tertiary/aromatic N) is 2. The normalized spacial score (nSPS) is 12.0. The van der Waals surface area contributed by atoms with Crippen LogP contribution in [0.5, 0.6) is 5.75 Å². The molecule has 0 spiro atoms. The van der Waals surface area contributed by atoms with E-state index in [-0.39, 0.29) is 18.1 Å². The van der Waals surface area contributed by atoms with Crippen molar-refractivity contribution < 1.29 is 24.6 Å². The van der Waals surface area contributed by atoms with Crippen molar-refractivity contribution in [1.82, 2.24) is 10.3 Å². The Morgan fingerprint density at radius 1 is 1.34 bits per heavy atom. The van der Waals surface area contributed by atoms with Gasteiger partial charge in [-0.3, -0.25) is 15.2 Å². The molecular weight excluding hydrogens is 376 g/mol. The molecule has 0 bridgehead atoms. The maximum Gasteiger partial charge on any atom is 0.330 e. The van der Waals surface area contributed by atoms with Crippen LogP contribution in [0, 0.1) is 10.8 Å². The van der Waals surface area contributed by atoms with E-state index in [4.69, 9.17) is 15.4 Å².